The quantitative estimate of drug-likeness (QED) is 0.253. The van der Waals surface area contributed by atoms with Crippen molar-refractivity contribution in [3.63, 3.8) is 0 Å². The van der Waals surface area contributed by atoms with Crippen LogP contribution in [0.2, 0.25) is 5.02 Å². The van der Waals surface area contributed by atoms with Crippen molar-refractivity contribution in [3.8, 4) is 17.2 Å². The summed E-state index contributed by atoms with van der Waals surface area (Å²) in [5.74, 6) is -0.445. The van der Waals surface area contributed by atoms with Crippen LogP contribution >= 0.6 is 11.6 Å². The first-order valence-electron chi connectivity index (χ1n) is 7.97. The van der Waals surface area contributed by atoms with Gasteiger partial charge < -0.3 is 34.4 Å². The van der Waals surface area contributed by atoms with Gasteiger partial charge in [0, 0.05) is 0 Å². The van der Waals surface area contributed by atoms with Gasteiger partial charge in [-0.3, -0.25) is 0 Å². The normalized spacial score (nSPS) is 10.8. The van der Waals surface area contributed by atoms with Gasteiger partial charge in [-0.1, -0.05) is 11.6 Å². The zero-order valence-electron chi connectivity index (χ0n) is 18.1. The van der Waals surface area contributed by atoms with Gasteiger partial charge in [-0.2, -0.15) is 13.2 Å². The first kappa shape index (κ1) is 39.0. The molecule has 0 saturated carbocycles. The number of benzene rings is 2. The summed E-state index contributed by atoms with van der Waals surface area (Å²) in [6, 6.07) is 9.02. The summed E-state index contributed by atoms with van der Waals surface area (Å²) in [7, 11) is 0. The van der Waals surface area contributed by atoms with Crippen molar-refractivity contribution >= 4 is 23.7 Å². The van der Waals surface area contributed by atoms with E-state index in [1.807, 2.05) is 0 Å². The molecular formula is C19H13ClF3K3O7. The number of rotatable bonds is 6. The molecule has 0 radical (unpaired) electrons. The molecule has 0 saturated heterocycles. The third kappa shape index (κ3) is 17.6. The number of carboxylic acid groups (broad SMARTS) is 3. The minimum Gasteiger partial charge on any atom is -0.652 e. The van der Waals surface area contributed by atoms with Crippen LogP contribution in [0, 0.1) is 0 Å². The van der Waals surface area contributed by atoms with Crippen molar-refractivity contribution in [2.45, 2.75) is 19.2 Å². The maximum Gasteiger partial charge on any atom is 1.00 e. The fourth-order valence-corrected chi connectivity index (χ4v) is 2.16. The number of ether oxygens (including phenoxy) is 2. The smallest absolute Gasteiger partial charge is 0.652 e. The maximum absolute atomic E-state index is 12.6. The van der Waals surface area contributed by atoms with E-state index in [9.17, 15) is 23.1 Å². The van der Waals surface area contributed by atoms with E-state index in [-0.39, 0.29) is 165 Å². The Morgan fingerprint density at radius 2 is 1.45 bits per heavy atom. The van der Waals surface area contributed by atoms with E-state index >= 15 is 0 Å². The van der Waals surface area contributed by atoms with Crippen LogP contribution in [0.1, 0.15) is 12.5 Å². The molecule has 2 aromatic carbocycles. The monoisotopic (exact) mass is 562 g/mol. The van der Waals surface area contributed by atoms with E-state index in [1.165, 1.54) is 6.08 Å². The zero-order chi connectivity index (χ0) is 22.9. The molecule has 0 aliphatic rings. The summed E-state index contributed by atoms with van der Waals surface area (Å²) in [5, 5.41) is 26.8. The van der Waals surface area contributed by atoms with Crippen molar-refractivity contribution < 1.29 is 202 Å². The summed E-state index contributed by atoms with van der Waals surface area (Å²) in [6.45, 7) is 1.64. The fourth-order valence-electron chi connectivity index (χ4n) is 1.94. The summed E-state index contributed by atoms with van der Waals surface area (Å²) < 4.78 is 48.8. The van der Waals surface area contributed by atoms with Crippen LogP contribution in [0.3, 0.4) is 0 Å². The Kier molecular flexibility index (Phi) is 23.2. The standard InChI is InChI=1S/C18H14ClF3O4.CH2O3.3K/c1-11(2-9-17(23)24)25-13-4-6-14(7-5-13)26-16-8-3-12(10-15(16)19)18(20,21)22;2-1(3)4;;;/h2-11H,1H3,(H,23,24);(H2,2,3,4);;;/q;;3*+1/p-3/b9-2+;;;;. The number of alkyl halides is 3. The topological polar surface area (TPSA) is 122 Å². The van der Waals surface area contributed by atoms with E-state index in [0.717, 1.165) is 24.3 Å². The summed E-state index contributed by atoms with van der Waals surface area (Å²) in [5.41, 5.74) is -0.864. The molecule has 2 aromatic rings. The van der Waals surface area contributed by atoms with E-state index < -0.39 is 30.0 Å². The van der Waals surface area contributed by atoms with Crippen molar-refractivity contribution in [2.75, 3.05) is 0 Å². The van der Waals surface area contributed by atoms with Crippen molar-refractivity contribution in [1.82, 2.24) is 0 Å². The Bertz CT molecular complexity index is 906. The predicted molar refractivity (Wildman–Crippen MR) is 92.6 cm³/mol. The van der Waals surface area contributed by atoms with E-state index in [0.29, 0.717) is 11.5 Å². The molecule has 1 unspecified atom stereocenters. The fraction of sp³-hybridized carbons (Fsp3) is 0.158. The van der Waals surface area contributed by atoms with Crippen molar-refractivity contribution in [3.05, 3.63) is 65.2 Å². The zero-order valence-corrected chi connectivity index (χ0v) is 28.3. The number of aliphatic carboxylic acids is 1. The first-order valence-corrected chi connectivity index (χ1v) is 8.34. The summed E-state index contributed by atoms with van der Waals surface area (Å²) >= 11 is 5.84. The second-order valence-corrected chi connectivity index (χ2v) is 5.87. The van der Waals surface area contributed by atoms with Gasteiger partial charge in [0.15, 0.2) is 0 Å². The van der Waals surface area contributed by atoms with Gasteiger partial charge in [-0.15, -0.1) is 0 Å². The van der Waals surface area contributed by atoms with E-state index in [4.69, 9.17) is 36.1 Å². The van der Waals surface area contributed by atoms with Crippen LogP contribution in [-0.4, -0.2) is 18.2 Å². The van der Waals surface area contributed by atoms with Crippen LogP contribution in [0.5, 0.6) is 17.2 Å². The third-order valence-corrected chi connectivity index (χ3v) is 3.43. The molecule has 0 amide bonds. The van der Waals surface area contributed by atoms with Gasteiger partial charge in [-0.05, 0) is 67.7 Å². The van der Waals surface area contributed by atoms with Crippen LogP contribution in [0.4, 0.5) is 18.0 Å². The first-order chi connectivity index (χ1) is 13.9. The van der Waals surface area contributed by atoms with Gasteiger partial charge >= 0.3 is 160 Å². The Morgan fingerprint density at radius 1 is 0.970 bits per heavy atom. The summed E-state index contributed by atoms with van der Waals surface area (Å²) in [4.78, 5) is 18.7. The van der Waals surface area contributed by atoms with Crippen LogP contribution in [-0.2, 0) is 11.0 Å². The van der Waals surface area contributed by atoms with Crippen molar-refractivity contribution in [2.24, 2.45) is 0 Å². The Balaban J connectivity index is -0.00000119. The van der Waals surface area contributed by atoms with Gasteiger partial charge in [0.25, 0.3) is 0 Å². The summed E-state index contributed by atoms with van der Waals surface area (Å²) in [6.07, 6.45) is -5.12. The SMILES string of the molecule is CC(/C=C/C(=O)[O-])Oc1ccc(Oc2ccc(C(F)(F)F)cc2Cl)cc1.O=C([O-])[O-].[K+].[K+].[K+]. The average molecular weight is 563 g/mol. The second kappa shape index (κ2) is 19.6. The average Bonchev–Trinajstić information content (AvgIpc) is 2.62. The van der Waals surface area contributed by atoms with Gasteiger partial charge in [0.2, 0.25) is 0 Å². The van der Waals surface area contributed by atoms with Crippen molar-refractivity contribution in [1.29, 1.82) is 0 Å². The number of carbonyl (C=O) groups excluding carboxylic acids is 2. The molecule has 0 aliphatic heterocycles. The Hall–Kier alpha value is 1.51. The molecule has 0 heterocycles. The molecule has 0 aliphatic carbocycles. The van der Waals surface area contributed by atoms with Gasteiger partial charge in [0.05, 0.1) is 16.6 Å². The molecule has 2 rings (SSSR count). The minimum absolute atomic E-state index is 0. The molecule has 33 heavy (non-hydrogen) atoms. The molecule has 14 heteroatoms. The number of halogens is 4. The molecule has 0 fully saturated rings. The molecule has 0 aromatic heterocycles. The van der Waals surface area contributed by atoms with E-state index in [2.05, 4.69) is 0 Å². The molecule has 0 bridgehead atoms. The molecule has 0 N–H and O–H groups in total. The van der Waals surface area contributed by atoms with Gasteiger partial charge in [0.1, 0.15) is 23.4 Å². The minimum atomic E-state index is -4.48. The number of hydrogen-bond acceptors (Lipinski definition) is 7. The largest absolute Gasteiger partial charge is 1.00 e. The van der Waals surface area contributed by atoms with Crippen LogP contribution in [0.25, 0.3) is 0 Å². The molecule has 1 atom stereocenters. The van der Waals surface area contributed by atoms with E-state index in [1.54, 1.807) is 31.2 Å². The van der Waals surface area contributed by atoms with Crippen LogP contribution in [0.15, 0.2) is 54.6 Å². The molecule has 0 spiro atoms. The Morgan fingerprint density at radius 3 is 1.88 bits per heavy atom. The molecular weight excluding hydrogens is 550 g/mol. The third-order valence-electron chi connectivity index (χ3n) is 3.14. The molecule has 162 valence electrons. The Labute approximate surface area is 320 Å². The van der Waals surface area contributed by atoms with Gasteiger partial charge in [-0.25, -0.2) is 0 Å². The number of hydrogen-bond donors (Lipinski definition) is 0. The van der Waals surface area contributed by atoms with Crippen LogP contribution < -0.4 is 179 Å². The maximum atomic E-state index is 12.6. The predicted octanol–water partition coefficient (Wildman–Crippen LogP) is -7.21. The molecule has 7 nitrogen and oxygen atoms in total. The number of carbonyl (C=O) groups is 2. The second-order valence-electron chi connectivity index (χ2n) is 5.47. The number of carboxylic acids is 1.